The Morgan fingerprint density at radius 3 is 2.42 bits per heavy atom. The molecule has 12 heavy (non-hydrogen) atoms. The van der Waals surface area contributed by atoms with Crippen LogP contribution in [0.1, 0.15) is 12.0 Å². The first-order chi connectivity index (χ1) is 5.74. The molecule has 0 bridgehead atoms. The van der Waals surface area contributed by atoms with E-state index in [2.05, 4.69) is 22.5 Å². The van der Waals surface area contributed by atoms with E-state index in [0.717, 1.165) is 16.5 Å². The fourth-order valence-corrected chi connectivity index (χ4v) is 1.27. The van der Waals surface area contributed by atoms with Gasteiger partial charge in [-0.3, -0.25) is 0 Å². The van der Waals surface area contributed by atoms with Crippen LogP contribution in [-0.4, -0.2) is 6.54 Å². The summed E-state index contributed by atoms with van der Waals surface area (Å²) in [6.45, 7) is 4.61. The van der Waals surface area contributed by atoms with Gasteiger partial charge < -0.3 is 5.73 Å². The van der Waals surface area contributed by atoms with Gasteiger partial charge >= 0.3 is 0 Å². The first-order valence-electron chi connectivity index (χ1n) is 3.88. The van der Waals surface area contributed by atoms with Crippen molar-refractivity contribution in [2.75, 3.05) is 6.54 Å². The van der Waals surface area contributed by atoms with Crippen LogP contribution in [0, 0.1) is 0 Å². The Bertz CT molecular complexity index is 264. The maximum absolute atomic E-state index is 5.43. The fourth-order valence-electron chi connectivity index (χ4n) is 1.00. The van der Waals surface area contributed by atoms with Crippen molar-refractivity contribution in [2.24, 2.45) is 5.73 Å². The molecule has 0 fully saturated rings. The maximum Gasteiger partial charge on any atom is 0.0175 e. The SMILES string of the molecule is C=C(CCN)c1ccc(Br)cc1. The minimum Gasteiger partial charge on any atom is -0.330 e. The predicted molar refractivity (Wildman–Crippen MR) is 56.8 cm³/mol. The number of hydrogen-bond acceptors (Lipinski definition) is 1. The van der Waals surface area contributed by atoms with Gasteiger partial charge in [0.05, 0.1) is 0 Å². The Morgan fingerprint density at radius 1 is 1.33 bits per heavy atom. The van der Waals surface area contributed by atoms with Gasteiger partial charge in [0.2, 0.25) is 0 Å². The van der Waals surface area contributed by atoms with Gasteiger partial charge in [0.15, 0.2) is 0 Å². The molecule has 1 aromatic rings. The van der Waals surface area contributed by atoms with E-state index in [0.29, 0.717) is 6.54 Å². The Morgan fingerprint density at radius 2 is 1.92 bits per heavy atom. The molecule has 0 aliphatic rings. The quantitative estimate of drug-likeness (QED) is 0.842. The number of benzene rings is 1. The largest absolute Gasteiger partial charge is 0.330 e. The molecule has 1 nitrogen and oxygen atoms in total. The summed E-state index contributed by atoms with van der Waals surface area (Å²) in [5.41, 5.74) is 7.70. The van der Waals surface area contributed by atoms with Gasteiger partial charge in [0.1, 0.15) is 0 Å². The molecule has 0 radical (unpaired) electrons. The van der Waals surface area contributed by atoms with E-state index in [4.69, 9.17) is 5.73 Å². The standard InChI is InChI=1S/C10H12BrN/c1-8(6-7-12)9-2-4-10(11)5-3-9/h2-5H,1,6-7,12H2. The highest BCUT2D eigenvalue weighted by molar-refractivity contribution is 9.10. The molecule has 0 unspecified atom stereocenters. The van der Waals surface area contributed by atoms with Gasteiger partial charge in [0, 0.05) is 4.47 Å². The van der Waals surface area contributed by atoms with Gasteiger partial charge in [-0.25, -0.2) is 0 Å². The zero-order valence-electron chi connectivity index (χ0n) is 6.89. The zero-order valence-corrected chi connectivity index (χ0v) is 8.47. The Hall–Kier alpha value is -0.600. The van der Waals surface area contributed by atoms with Crippen LogP contribution < -0.4 is 5.73 Å². The third-order valence-electron chi connectivity index (χ3n) is 1.70. The normalized spacial score (nSPS) is 9.83. The second-order valence-electron chi connectivity index (χ2n) is 2.65. The van der Waals surface area contributed by atoms with Gasteiger partial charge in [-0.1, -0.05) is 34.6 Å². The first-order valence-corrected chi connectivity index (χ1v) is 4.67. The molecule has 64 valence electrons. The average Bonchev–Trinajstić information content (AvgIpc) is 2.06. The molecule has 0 aliphatic carbocycles. The summed E-state index contributed by atoms with van der Waals surface area (Å²) in [6.07, 6.45) is 0.863. The maximum atomic E-state index is 5.43. The molecule has 0 saturated carbocycles. The second kappa shape index (κ2) is 4.43. The highest BCUT2D eigenvalue weighted by atomic mass is 79.9. The minimum atomic E-state index is 0.662. The average molecular weight is 226 g/mol. The molecule has 0 aliphatic heterocycles. The lowest BCUT2D eigenvalue weighted by atomic mass is 10.1. The van der Waals surface area contributed by atoms with Crippen molar-refractivity contribution in [1.29, 1.82) is 0 Å². The van der Waals surface area contributed by atoms with Gasteiger partial charge in [-0.05, 0) is 36.2 Å². The fraction of sp³-hybridized carbons (Fsp3) is 0.200. The van der Waals surface area contributed by atoms with Crippen LogP contribution in [0.25, 0.3) is 5.57 Å². The monoisotopic (exact) mass is 225 g/mol. The van der Waals surface area contributed by atoms with Crippen molar-refractivity contribution >= 4 is 21.5 Å². The smallest absolute Gasteiger partial charge is 0.0175 e. The Labute approximate surface area is 81.4 Å². The van der Waals surface area contributed by atoms with E-state index in [9.17, 15) is 0 Å². The third kappa shape index (κ3) is 2.47. The molecule has 2 N–H and O–H groups in total. The van der Waals surface area contributed by atoms with Crippen molar-refractivity contribution in [3.05, 3.63) is 40.9 Å². The van der Waals surface area contributed by atoms with Crippen molar-refractivity contribution in [3.63, 3.8) is 0 Å². The van der Waals surface area contributed by atoms with E-state index in [1.807, 2.05) is 24.3 Å². The van der Waals surface area contributed by atoms with Crippen molar-refractivity contribution in [1.82, 2.24) is 0 Å². The topological polar surface area (TPSA) is 26.0 Å². The highest BCUT2D eigenvalue weighted by Gasteiger charge is 1.96. The van der Waals surface area contributed by atoms with Crippen LogP contribution >= 0.6 is 15.9 Å². The molecule has 0 aromatic heterocycles. The lowest BCUT2D eigenvalue weighted by molar-refractivity contribution is 1.02. The van der Waals surface area contributed by atoms with Gasteiger partial charge in [0.25, 0.3) is 0 Å². The predicted octanol–water partition coefficient (Wildman–Crippen LogP) is 2.81. The van der Waals surface area contributed by atoms with Crippen molar-refractivity contribution in [2.45, 2.75) is 6.42 Å². The molecule has 0 saturated heterocycles. The third-order valence-corrected chi connectivity index (χ3v) is 2.23. The molecule has 1 aromatic carbocycles. The van der Waals surface area contributed by atoms with E-state index in [-0.39, 0.29) is 0 Å². The van der Waals surface area contributed by atoms with E-state index in [1.165, 1.54) is 5.56 Å². The summed E-state index contributed by atoms with van der Waals surface area (Å²) in [5.74, 6) is 0. The highest BCUT2D eigenvalue weighted by Crippen LogP contribution is 2.18. The Balaban J connectivity index is 2.75. The summed E-state index contributed by atoms with van der Waals surface area (Å²) in [7, 11) is 0. The summed E-state index contributed by atoms with van der Waals surface area (Å²) in [5, 5.41) is 0. The minimum absolute atomic E-state index is 0.662. The summed E-state index contributed by atoms with van der Waals surface area (Å²) < 4.78 is 1.09. The molecule has 0 amide bonds. The van der Waals surface area contributed by atoms with Gasteiger partial charge in [-0.15, -0.1) is 0 Å². The molecular formula is C10H12BrN. The van der Waals surface area contributed by atoms with Crippen LogP contribution in [-0.2, 0) is 0 Å². The number of nitrogens with two attached hydrogens (primary N) is 1. The van der Waals surface area contributed by atoms with Gasteiger partial charge in [-0.2, -0.15) is 0 Å². The van der Waals surface area contributed by atoms with E-state index >= 15 is 0 Å². The molecule has 2 heteroatoms. The molecule has 0 spiro atoms. The molecule has 0 heterocycles. The molecule has 0 atom stereocenters. The van der Waals surface area contributed by atoms with Crippen LogP contribution in [0.15, 0.2) is 35.3 Å². The van der Waals surface area contributed by atoms with Crippen molar-refractivity contribution in [3.8, 4) is 0 Å². The summed E-state index contributed by atoms with van der Waals surface area (Å²) in [4.78, 5) is 0. The second-order valence-corrected chi connectivity index (χ2v) is 3.56. The lowest BCUT2D eigenvalue weighted by Gasteiger charge is -2.03. The number of rotatable bonds is 3. The lowest BCUT2D eigenvalue weighted by Crippen LogP contribution is -1.98. The number of hydrogen-bond donors (Lipinski definition) is 1. The first kappa shape index (κ1) is 9.49. The summed E-state index contributed by atoms with van der Waals surface area (Å²) in [6, 6.07) is 8.11. The van der Waals surface area contributed by atoms with Crippen molar-refractivity contribution < 1.29 is 0 Å². The number of halogens is 1. The van der Waals surface area contributed by atoms with Crippen LogP contribution in [0.3, 0.4) is 0 Å². The van der Waals surface area contributed by atoms with Crippen LogP contribution in [0.4, 0.5) is 0 Å². The van der Waals surface area contributed by atoms with Crippen LogP contribution in [0.5, 0.6) is 0 Å². The summed E-state index contributed by atoms with van der Waals surface area (Å²) >= 11 is 3.38. The molecular weight excluding hydrogens is 214 g/mol. The Kier molecular flexibility index (Phi) is 3.50. The zero-order chi connectivity index (χ0) is 8.97. The van der Waals surface area contributed by atoms with E-state index < -0.39 is 0 Å². The van der Waals surface area contributed by atoms with E-state index in [1.54, 1.807) is 0 Å². The van der Waals surface area contributed by atoms with Crippen LogP contribution in [0.2, 0.25) is 0 Å². The molecule has 1 rings (SSSR count).